The molecule has 1 aliphatic heterocycles. The Labute approximate surface area is 167 Å². The first-order valence-electron chi connectivity index (χ1n) is 9.68. The molecule has 1 N–H and O–H groups in total. The molecule has 0 amide bonds. The normalized spacial score (nSPS) is 14.5. The van der Waals surface area contributed by atoms with E-state index in [1.54, 1.807) is 12.4 Å². The molecule has 0 radical (unpaired) electrons. The van der Waals surface area contributed by atoms with Crippen LogP contribution in [-0.2, 0) is 13.1 Å². The summed E-state index contributed by atoms with van der Waals surface area (Å²) in [6.45, 7) is 2.85. The van der Waals surface area contributed by atoms with Gasteiger partial charge in [-0.15, -0.1) is 0 Å². The third-order valence-corrected chi connectivity index (χ3v) is 5.68. The number of benzene rings is 1. The van der Waals surface area contributed by atoms with Gasteiger partial charge in [0.05, 0.1) is 29.5 Å². The maximum atomic E-state index is 4.68. The van der Waals surface area contributed by atoms with Crippen LogP contribution in [0.5, 0.6) is 0 Å². The summed E-state index contributed by atoms with van der Waals surface area (Å²) in [6.07, 6.45) is 9.35. The minimum atomic E-state index is 0.876. The summed E-state index contributed by atoms with van der Waals surface area (Å²) in [5, 5.41) is 5.68. The van der Waals surface area contributed by atoms with E-state index in [2.05, 4.69) is 59.9 Å². The van der Waals surface area contributed by atoms with Crippen LogP contribution in [0.15, 0.2) is 55.2 Å². The number of nitrogens with one attached hydrogen (secondary N) is 1. The third-order valence-electron chi connectivity index (χ3n) is 5.68. The number of nitrogens with zero attached hydrogens (tertiary/aromatic N) is 6. The topological polar surface area (TPSA) is 75.5 Å². The first-order valence-corrected chi connectivity index (χ1v) is 9.68. The van der Waals surface area contributed by atoms with Crippen LogP contribution < -0.4 is 0 Å². The van der Waals surface area contributed by atoms with Crippen molar-refractivity contribution in [1.82, 2.24) is 34.6 Å². The maximum absolute atomic E-state index is 4.68. The fraction of sp³-hybridized carbons (Fsp3) is 0.182. The zero-order chi connectivity index (χ0) is 19.4. The van der Waals surface area contributed by atoms with Crippen LogP contribution in [0.2, 0.25) is 0 Å². The van der Waals surface area contributed by atoms with Gasteiger partial charge in [0, 0.05) is 60.0 Å². The SMILES string of the molecule is CN1CCn2ncc(-c3cnc4[nH]cc(-c5ccc6nccnc6c5)c4c3)c2C1. The van der Waals surface area contributed by atoms with Crippen molar-refractivity contribution in [3.05, 3.63) is 60.9 Å². The zero-order valence-corrected chi connectivity index (χ0v) is 16.0. The molecule has 6 rings (SSSR count). The van der Waals surface area contributed by atoms with Gasteiger partial charge in [0.1, 0.15) is 5.65 Å². The molecule has 1 aromatic carbocycles. The van der Waals surface area contributed by atoms with E-state index in [1.807, 2.05) is 24.7 Å². The van der Waals surface area contributed by atoms with Crippen LogP contribution in [0.3, 0.4) is 0 Å². The standard InChI is InChI=1S/C22H19N7/c1-28-6-7-29-21(13-28)18(12-27-29)15-8-16-17(11-26-22(16)25-10-15)14-2-3-19-20(9-14)24-5-4-23-19/h2-5,8-12H,6-7,13H2,1H3,(H,25,26). The Morgan fingerprint density at radius 2 is 1.79 bits per heavy atom. The van der Waals surface area contributed by atoms with Crippen LogP contribution in [0.25, 0.3) is 44.3 Å². The van der Waals surface area contributed by atoms with Gasteiger partial charge in [0.25, 0.3) is 0 Å². The van der Waals surface area contributed by atoms with Gasteiger partial charge in [-0.2, -0.15) is 5.10 Å². The van der Waals surface area contributed by atoms with Crippen molar-refractivity contribution in [3.63, 3.8) is 0 Å². The molecule has 5 heterocycles. The molecule has 0 aliphatic carbocycles. The molecular formula is C22H19N7. The molecule has 0 unspecified atom stereocenters. The largest absolute Gasteiger partial charge is 0.346 e. The Morgan fingerprint density at radius 3 is 2.72 bits per heavy atom. The van der Waals surface area contributed by atoms with E-state index >= 15 is 0 Å². The molecular weight excluding hydrogens is 362 g/mol. The summed E-state index contributed by atoms with van der Waals surface area (Å²) in [5.74, 6) is 0. The lowest BCUT2D eigenvalue weighted by Crippen LogP contribution is -2.30. The van der Waals surface area contributed by atoms with Gasteiger partial charge in [0.15, 0.2) is 0 Å². The summed E-state index contributed by atoms with van der Waals surface area (Å²) in [5.41, 5.74) is 8.36. The van der Waals surface area contributed by atoms with Gasteiger partial charge < -0.3 is 4.98 Å². The van der Waals surface area contributed by atoms with Gasteiger partial charge >= 0.3 is 0 Å². The number of aromatic amines is 1. The lowest BCUT2D eigenvalue weighted by atomic mass is 10.0. The van der Waals surface area contributed by atoms with Crippen molar-refractivity contribution < 1.29 is 0 Å². The number of aromatic nitrogens is 6. The van der Waals surface area contributed by atoms with Crippen LogP contribution >= 0.6 is 0 Å². The number of fused-ring (bicyclic) bond motifs is 3. The van der Waals surface area contributed by atoms with E-state index in [0.29, 0.717) is 0 Å². The minimum Gasteiger partial charge on any atom is -0.346 e. The van der Waals surface area contributed by atoms with E-state index in [4.69, 9.17) is 0 Å². The van der Waals surface area contributed by atoms with E-state index in [1.165, 1.54) is 5.69 Å². The molecule has 7 heteroatoms. The smallest absolute Gasteiger partial charge is 0.137 e. The third kappa shape index (κ3) is 2.62. The molecule has 0 bridgehead atoms. The highest BCUT2D eigenvalue weighted by Crippen LogP contribution is 2.33. The van der Waals surface area contributed by atoms with Crippen molar-refractivity contribution in [2.75, 3.05) is 13.6 Å². The lowest BCUT2D eigenvalue weighted by Gasteiger charge is -2.24. The van der Waals surface area contributed by atoms with E-state index < -0.39 is 0 Å². The second-order valence-electron chi connectivity index (χ2n) is 7.55. The highest BCUT2D eigenvalue weighted by atomic mass is 15.3. The van der Waals surface area contributed by atoms with Crippen LogP contribution in [-0.4, -0.2) is 48.2 Å². The van der Waals surface area contributed by atoms with Crippen molar-refractivity contribution in [2.24, 2.45) is 0 Å². The Hall–Kier alpha value is -3.58. The fourth-order valence-corrected chi connectivity index (χ4v) is 4.13. The Balaban J connectivity index is 1.49. The molecule has 0 saturated heterocycles. The minimum absolute atomic E-state index is 0.876. The number of H-pyrrole nitrogens is 1. The zero-order valence-electron chi connectivity index (χ0n) is 16.0. The van der Waals surface area contributed by atoms with Crippen LogP contribution in [0.1, 0.15) is 5.69 Å². The number of rotatable bonds is 2. The first-order chi connectivity index (χ1) is 14.3. The molecule has 29 heavy (non-hydrogen) atoms. The highest BCUT2D eigenvalue weighted by molar-refractivity contribution is 5.97. The summed E-state index contributed by atoms with van der Waals surface area (Å²) in [6, 6.07) is 8.39. The Bertz CT molecular complexity index is 1360. The number of pyridine rings is 1. The summed E-state index contributed by atoms with van der Waals surface area (Å²) < 4.78 is 2.11. The molecule has 4 aromatic heterocycles. The van der Waals surface area contributed by atoms with E-state index in [0.717, 1.165) is 64.0 Å². The van der Waals surface area contributed by atoms with E-state index in [9.17, 15) is 0 Å². The quantitative estimate of drug-likeness (QED) is 0.507. The number of hydrogen-bond donors (Lipinski definition) is 1. The molecule has 142 valence electrons. The number of hydrogen-bond acceptors (Lipinski definition) is 5. The molecule has 5 aromatic rings. The molecule has 0 atom stereocenters. The van der Waals surface area contributed by atoms with Crippen LogP contribution in [0, 0.1) is 0 Å². The molecule has 0 fully saturated rings. The molecule has 7 nitrogen and oxygen atoms in total. The van der Waals surface area contributed by atoms with Crippen molar-refractivity contribution in [1.29, 1.82) is 0 Å². The van der Waals surface area contributed by atoms with Crippen molar-refractivity contribution >= 4 is 22.1 Å². The van der Waals surface area contributed by atoms with Gasteiger partial charge in [-0.05, 0) is 30.8 Å². The second-order valence-corrected chi connectivity index (χ2v) is 7.55. The van der Waals surface area contributed by atoms with Gasteiger partial charge in [-0.1, -0.05) is 6.07 Å². The van der Waals surface area contributed by atoms with Crippen molar-refractivity contribution in [3.8, 4) is 22.3 Å². The Kier molecular flexibility index (Phi) is 3.51. The average Bonchev–Trinajstić information content (AvgIpc) is 3.36. The Morgan fingerprint density at radius 1 is 0.897 bits per heavy atom. The summed E-state index contributed by atoms with van der Waals surface area (Å²) in [4.78, 5) is 19.1. The maximum Gasteiger partial charge on any atom is 0.137 e. The predicted molar refractivity (Wildman–Crippen MR) is 112 cm³/mol. The molecule has 0 saturated carbocycles. The average molecular weight is 381 g/mol. The summed E-state index contributed by atoms with van der Waals surface area (Å²) in [7, 11) is 2.15. The predicted octanol–water partition coefficient (Wildman–Crippen LogP) is 3.48. The number of likely N-dealkylation sites (N-methyl/N-ethyl adjacent to an activating group) is 1. The lowest BCUT2D eigenvalue weighted by molar-refractivity contribution is 0.259. The fourth-order valence-electron chi connectivity index (χ4n) is 4.13. The van der Waals surface area contributed by atoms with Crippen LogP contribution in [0.4, 0.5) is 0 Å². The first kappa shape index (κ1) is 16.4. The molecule has 1 aliphatic rings. The monoisotopic (exact) mass is 381 g/mol. The van der Waals surface area contributed by atoms with Crippen molar-refractivity contribution in [2.45, 2.75) is 13.1 Å². The molecule has 0 spiro atoms. The van der Waals surface area contributed by atoms with Gasteiger partial charge in [-0.25, -0.2) is 4.98 Å². The summed E-state index contributed by atoms with van der Waals surface area (Å²) >= 11 is 0. The van der Waals surface area contributed by atoms with Gasteiger partial charge in [-0.3, -0.25) is 19.5 Å². The van der Waals surface area contributed by atoms with E-state index in [-0.39, 0.29) is 0 Å². The van der Waals surface area contributed by atoms with Gasteiger partial charge in [0.2, 0.25) is 0 Å². The highest BCUT2D eigenvalue weighted by Gasteiger charge is 2.20. The second kappa shape index (κ2) is 6.22.